The highest BCUT2D eigenvalue weighted by atomic mass is 32.2. The standard InChI is InChI=1S/C25H24N2O2S/c1-18(20-8-4-3-5-9-20)26-25(29)22-10-6-7-11-23(22)27-24(28)17-14-19-12-15-21(30-2)16-13-19/h3-18H,1-2H3,(H,26,29)(H,27,28)/b17-14+/t18-/m1/s1. The van der Waals surface area contributed by atoms with Gasteiger partial charge in [-0.3, -0.25) is 9.59 Å². The van der Waals surface area contributed by atoms with Crippen LogP contribution in [0.15, 0.2) is 89.8 Å². The second kappa shape index (κ2) is 10.5. The number of rotatable bonds is 7. The number of hydrogen-bond acceptors (Lipinski definition) is 3. The Labute approximate surface area is 181 Å². The maximum atomic E-state index is 12.8. The molecule has 2 amide bonds. The Morgan fingerprint density at radius 3 is 2.27 bits per heavy atom. The van der Waals surface area contributed by atoms with Crippen molar-refractivity contribution < 1.29 is 9.59 Å². The number of amides is 2. The predicted octanol–water partition coefficient (Wildman–Crippen LogP) is 5.55. The van der Waals surface area contributed by atoms with Crippen LogP contribution in [0.2, 0.25) is 0 Å². The van der Waals surface area contributed by atoms with Crippen LogP contribution in [0.3, 0.4) is 0 Å². The zero-order valence-corrected chi connectivity index (χ0v) is 17.8. The molecule has 0 heterocycles. The summed E-state index contributed by atoms with van der Waals surface area (Å²) >= 11 is 1.67. The van der Waals surface area contributed by atoms with Gasteiger partial charge in [0.25, 0.3) is 5.91 Å². The molecule has 0 aliphatic rings. The maximum absolute atomic E-state index is 12.8. The van der Waals surface area contributed by atoms with Gasteiger partial charge in [0.1, 0.15) is 0 Å². The molecule has 0 aliphatic heterocycles. The van der Waals surface area contributed by atoms with Crippen molar-refractivity contribution >= 4 is 35.3 Å². The zero-order valence-electron chi connectivity index (χ0n) is 17.0. The minimum absolute atomic E-state index is 0.147. The van der Waals surface area contributed by atoms with Crippen LogP contribution in [0.4, 0.5) is 5.69 Å². The molecule has 0 saturated heterocycles. The van der Waals surface area contributed by atoms with Gasteiger partial charge in [0.2, 0.25) is 5.91 Å². The smallest absolute Gasteiger partial charge is 0.253 e. The minimum Gasteiger partial charge on any atom is -0.345 e. The fourth-order valence-electron chi connectivity index (χ4n) is 2.95. The lowest BCUT2D eigenvalue weighted by molar-refractivity contribution is -0.111. The molecule has 152 valence electrons. The van der Waals surface area contributed by atoms with Gasteiger partial charge in [-0.05, 0) is 54.6 Å². The molecule has 0 bridgehead atoms. The Hall–Kier alpha value is -3.31. The van der Waals surface area contributed by atoms with Crippen LogP contribution in [-0.4, -0.2) is 18.1 Å². The Morgan fingerprint density at radius 1 is 0.900 bits per heavy atom. The second-order valence-electron chi connectivity index (χ2n) is 6.75. The largest absolute Gasteiger partial charge is 0.345 e. The van der Waals surface area contributed by atoms with Crippen molar-refractivity contribution in [2.45, 2.75) is 17.9 Å². The fraction of sp³-hybridized carbons (Fsp3) is 0.120. The van der Waals surface area contributed by atoms with E-state index in [0.717, 1.165) is 11.1 Å². The molecule has 1 atom stereocenters. The zero-order chi connectivity index (χ0) is 21.3. The normalized spacial score (nSPS) is 11.8. The second-order valence-corrected chi connectivity index (χ2v) is 7.63. The van der Waals surface area contributed by atoms with Crippen LogP contribution < -0.4 is 10.6 Å². The van der Waals surface area contributed by atoms with E-state index in [1.165, 1.54) is 11.0 Å². The summed E-state index contributed by atoms with van der Waals surface area (Å²) < 4.78 is 0. The van der Waals surface area contributed by atoms with E-state index in [1.54, 1.807) is 42.1 Å². The molecular formula is C25H24N2O2S. The highest BCUT2D eigenvalue weighted by molar-refractivity contribution is 7.98. The number of nitrogens with one attached hydrogen (secondary N) is 2. The average molecular weight is 417 g/mol. The minimum atomic E-state index is -0.291. The Morgan fingerprint density at radius 2 is 1.57 bits per heavy atom. The molecule has 0 aliphatic carbocycles. The Balaban J connectivity index is 1.67. The molecule has 2 N–H and O–H groups in total. The lowest BCUT2D eigenvalue weighted by Crippen LogP contribution is -2.27. The first kappa shape index (κ1) is 21.4. The third-order valence-electron chi connectivity index (χ3n) is 4.62. The van der Waals surface area contributed by atoms with Crippen LogP contribution in [0.5, 0.6) is 0 Å². The molecule has 0 spiro atoms. The summed E-state index contributed by atoms with van der Waals surface area (Å²) in [6, 6.07) is 24.5. The van der Waals surface area contributed by atoms with E-state index >= 15 is 0 Å². The topological polar surface area (TPSA) is 58.2 Å². The number of carbonyl (C=O) groups is 2. The molecule has 3 aromatic carbocycles. The molecule has 0 unspecified atom stereocenters. The molecule has 0 aromatic heterocycles. The predicted molar refractivity (Wildman–Crippen MR) is 125 cm³/mol. The van der Waals surface area contributed by atoms with E-state index in [2.05, 4.69) is 10.6 Å². The lowest BCUT2D eigenvalue weighted by Gasteiger charge is -2.16. The van der Waals surface area contributed by atoms with Crippen molar-refractivity contribution in [1.82, 2.24) is 5.32 Å². The van der Waals surface area contributed by atoms with Gasteiger partial charge in [0.05, 0.1) is 17.3 Å². The third-order valence-corrected chi connectivity index (χ3v) is 5.36. The van der Waals surface area contributed by atoms with E-state index < -0.39 is 0 Å². The third kappa shape index (κ3) is 5.84. The number of benzene rings is 3. The summed E-state index contributed by atoms with van der Waals surface area (Å²) in [5.74, 6) is -0.529. The first-order valence-electron chi connectivity index (χ1n) is 9.65. The van der Waals surface area contributed by atoms with Gasteiger partial charge in [0, 0.05) is 11.0 Å². The summed E-state index contributed by atoms with van der Waals surface area (Å²) in [6.45, 7) is 1.93. The molecule has 30 heavy (non-hydrogen) atoms. The SMILES string of the molecule is CSc1ccc(/C=C/C(=O)Nc2ccccc2C(=O)N[C@H](C)c2ccccc2)cc1. The average Bonchev–Trinajstić information content (AvgIpc) is 2.79. The van der Waals surface area contributed by atoms with Gasteiger partial charge in [-0.1, -0.05) is 54.6 Å². The highest BCUT2D eigenvalue weighted by Gasteiger charge is 2.15. The number of carbonyl (C=O) groups excluding carboxylic acids is 2. The summed E-state index contributed by atoms with van der Waals surface area (Å²) in [5.41, 5.74) is 2.85. The van der Waals surface area contributed by atoms with Crippen molar-refractivity contribution in [3.05, 3.63) is 102 Å². The Bertz CT molecular complexity index is 1030. The quantitative estimate of drug-likeness (QED) is 0.392. The van der Waals surface area contributed by atoms with Crippen LogP contribution >= 0.6 is 11.8 Å². The molecule has 0 fully saturated rings. The van der Waals surface area contributed by atoms with Crippen LogP contribution in [0.1, 0.15) is 34.5 Å². The molecule has 5 heteroatoms. The van der Waals surface area contributed by atoms with Gasteiger partial charge < -0.3 is 10.6 Å². The van der Waals surface area contributed by atoms with Crippen LogP contribution in [0.25, 0.3) is 6.08 Å². The highest BCUT2D eigenvalue weighted by Crippen LogP contribution is 2.19. The summed E-state index contributed by atoms with van der Waals surface area (Å²) in [4.78, 5) is 26.3. The van der Waals surface area contributed by atoms with Crippen molar-refractivity contribution in [3.8, 4) is 0 Å². The molecular weight excluding hydrogens is 392 g/mol. The van der Waals surface area contributed by atoms with Gasteiger partial charge in [0.15, 0.2) is 0 Å². The lowest BCUT2D eigenvalue weighted by atomic mass is 10.1. The first-order chi connectivity index (χ1) is 14.6. The number of anilines is 1. The van der Waals surface area contributed by atoms with E-state index in [9.17, 15) is 9.59 Å². The molecule has 4 nitrogen and oxygen atoms in total. The first-order valence-corrected chi connectivity index (χ1v) is 10.9. The van der Waals surface area contributed by atoms with E-state index in [0.29, 0.717) is 11.3 Å². The van der Waals surface area contributed by atoms with Crippen molar-refractivity contribution in [2.24, 2.45) is 0 Å². The summed E-state index contributed by atoms with van der Waals surface area (Å²) in [5, 5.41) is 5.79. The van der Waals surface area contributed by atoms with Gasteiger partial charge in [-0.25, -0.2) is 0 Å². The van der Waals surface area contributed by atoms with Gasteiger partial charge in [-0.2, -0.15) is 0 Å². The maximum Gasteiger partial charge on any atom is 0.253 e. The molecule has 3 aromatic rings. The van der Waals surface area contributed by atoms with Crippen molar-refractivity contribution in [1.29, 1.82) is 0 Å². The van der Waals surface area contributed by atoms with E-state index in [-0.39, 0.29) is 17.9 Å². The fourth-order valence-corrected chi connectivity index (χ4v) is 3.36. The molecule has 0 radical (unpaired) electrons. The van der Waals surface area contributed by atoms with Crippen LogP contribution in [-0.2, 0) is 4.79 Å². The number of thioether (sulfide) groups is 1. The van der Waals surface area contributed by atoms with Crippen molar-refractivity contribution in [3.63, 3.8) is 0 Å². The molecule has 0 saturated carbocycles. The van der Waals surface area contributed by atoms with E-state index in [1.807, 2.05) is 67.8 Å². The molecule has 3 rings (SSSR count). The van der Waals surface area contributed by atoms with Gasteiger partial charge >= 0.3 is 0 Å². The monoisotopic (exact) mass is 416 g/mol. The Kier molecular flexibility index (Phi) is 7.46. The van der Waals surface area contributed by atoms with Crippen molar-refractivity contribution in [2.75, 3.05) is 11.6 Å². The number of para-hydroxylation sites is 1. The van der Waals surface area contributed by atoms with Gasteiger partial charge in [-0.15, -0.1) is 11.8 Å². The summed E-state index contributed by atoms with van der Waals surface area (Å²) in [6.07, 6.45) is 5.24. The number of hydrogen-bond donors (Lipinski definition) is 2. The van der Waals surface area contributed by atoms with E-state index in [4.69, 9.17) is 0 Å². The van der Waals surface area contributed by atoms with Crippen LogP contribution in [0, 0.1) is 0 Å². The summed E-state index contributed by atoms with van der Waals surface area (Å²) in [7, 11) is 0.